The number of aromatic nitrogens is 1. The molecule has 0 radical (unpaired) electrons. The van der Waals surface area contributed by atoms with Crippen LogP contribution in [0.4, 0.5) is 5.69 Å². The topological polar surface area (TPSA) is 68.4 Å². The van der Waals surface area contributed by atoms with Crippen LogP contribution in [0.15, 0.2) is 23.9 Å². The maximum absolute atomic E-state index is 13.2. The number of allylic oxidation sites excluding steroid dienone is 2. The summed E-state index contributed by atoms with van der Waals surface area (Å²) >= 11 is 0. The second-order valence-corrected chi connectivity index (χ2v) is 9.33. The number of rotatable bonds is 4. The van der Waals surface area contributed by atoms with E-state index in [1.54, 1.807) is 0 Å². The number of aliphatic hydroxyl groups excluding tert-OH is 1. The smallest absolute Gasteiger partial charge is 0.243 e. The van der Waals surface area contributed by atoms with Crippen LogP contribution in [-0.2, 0) is 24.1 Å². The molecular formula is C24H33N3O2. The summed E-state index contributed by atoms with van der Waals surface area (Å²) in [5, 5.41) is 14.3. The molecule has 0 unspecified atom stereocenters. The molecule has 29 heavy (non-hydrogen) atoms. The van der Waals surface area contributed by atoms with E-state index in [1.807, 2.05) is 0 Å². The van der Waals surface area contributed by atoms with Crippen molar-refractivity contribution in [2.45, 2.75) is 72.0 Å². The number of benzene rings is 1. The van der Waals surface area contributed by atoms with E-state index in [0.717, 1.165) is 12.8 Å². The zero-order valence-electron chi connectivity index (χ0n) is 18.2. The molecule has 2 aliphatic rings. The molecule has 3 heterocycles. The van der Waals surface area contributed by atoms with Crippen molar-refractivity contribution in [2.24, 2.45) is 5.92 Å². The summed E-state index contributed by atoms with van der Waals surface area (Å²) in [6.07, 6.45) is 6.83. The lowest BCUT2D eigenvalue weighted by atomic mass is 9.96. The number of carbonyl (C=O) groups excluding carboxylic acids is 1. The molecular weight excluding hydrogens is 362 g/mol. The van der Waals surface area contributed by atoms with E-state index in [0.29, 0.717) is 6.42 Å². The van der Waals surface area contributed by atoms with Crippen molar-refractivity contribution in [3.63, 3.8) is 0 Å². The lowest BCUT2D eigenvalue weighted by Crippen LogP contribution is -2.54. The number of hydrogen-bond donors (Lipinski definition) is 3. The Bertz CT molecular complexity index is 968. The van der Waals surface area contributed by atoms with Crippen molar-refractivity contribution in [1.29, 1.82) is 0 Å². The number of anilines is 1. The minimum Gasteiger partial charge on any atom is -0.394 e. The molecule has 0 spiro atoms. The van der Waals surface area contributed by atoms with Crippen LogP contribution in [-0.4, -0.2) is 40.7 Å². The summed E-state index contributed by atoms with van der Waals surface area (Å²) in [6.45, 7) is 10.6. The molecule has 2 aliphatic heterocycles. The van der Waals surface area contributed by atoms with Gasteiger partial charge in [0.25, 0.3) is 0 Å². The first-order chi connectivity index (χ1) is 13.8. The molecule has 1 amide bonds. The van der Waals surface area contributed by atoms with Gasteiger partial charge in [0.2, 0.25) is 5.91 Å². The van der Waals surface area contributed by atoms with Gasteiger partial charge < -0.3 is 20.3 Å². The number of H-pyrrole nitrogens is 1. The van der Waals surface area contributed by atoms with Crippen molar-refractivity contribution in [2.75, 3.05) is 11.5 Å². The Balaban J connectivity index is 1.98. The van der Waals surface area contributed by atoms with Crippen molar-refractivity contribution in [3.8, 4) is 0 Å². The second kappa shape index (κ2) is 7.52. The predicted molar refractivity (Wildman–Crippen MR) is 118 cm³/mol. The number of aliphatic hydroxyl groups is 1. The zero-order chi connectivity index (χ0) is 20.9. The summed E-state index contributed by atoms with van der Waals surface area (Å²) in [4.78, 5) is 19.1. The summed E-state index contributed by atoms with van der Waals surface area (Å²) in [5.41, 5.74) is 7.52. The fraction of sp³-hybridized carbons (Fsp3) is 0.542. The van der Waals surface area contributed by atoms with Gasteiger partial charge in [-0.15, -0.1) is 0 Å². The van der Waals surface area contributed by atoms with Gasteiger partial charge >= 0.3 is 0 Å². The molecule has 1 aromatic heterocycles. The summed E-state index contributed by atoms with van der Waals surface area (Å²) in [6, 6.07) is 2.09. The van der Waals surface area contributed by atoms with Crippen LogP contribution >= 0.6 is 0 Å². The molecule has 5 heteroatoms. The zero-order valence-corrected chi connectivity index (χ0v) is 18.2. The first-order valence-corrected chi connectivity index (χ1v) is 10.8. The van der Waals surface area contributed by atoms with Crippen molar-refractivity contribution in [1.82, 2.24) is 10.3 Å². The molecule has 3 atom stereocenters. The van der Waals surface area contributed by atoms with Crippen LogP contribution in [0.25, 0.3) is 10.9 Å². The van der Waals surface area contributed by atoms with E-state index < -0.39 is 0 Å². The SMILES string of the molecule is CC(C)=CCc1cc2c3c4c(c[nH]c14)C[C@@H](CO)NC(=O)[C@H](C(C)C)N3[C@H](C)C2. The third-order valence-corrected chi connectivity index (χ3v) is 6.38. The fourth-order valence-corrected chi connectivity index (χ4v) is 5.10. The highest BCUT2D eigenvalue weighted by molar-refractivity contribution is 6.02. The fourth-order valence-electron chi connectivity index (χ4n) is 5.10. The number of hydrogen-bond acceptors (Lipinski definition) is 3. The van der Waals surface area contributed by atoms with E-state index >= 15 is 0 Å². The molecule has 0 saturated heterocycles. The number of amides is 1. The molecule has 0 saturated carbocycles. The molecule has 1 aromatic carbocycles. The summed E-state index contributed by atoms with van der Waals surface area (Å²) in [7, 11) is 0. The van der Waals surface area contributed by atoms with Crippen LogP contribution in [0.3, 0.4) is 0 Å². The highest BCUT2D eigenvalue weighted by atomic mass is 16.3. The highest BCUT2D eigenvalue weighted by Crippen LogP contribution is 2.44. The number of aromatic amines is 1. The lowest BCUT2D eigenvalue weighted by molar-refractivity contribution is -0.124. The molecule has 4 rings (SSSR count). The van der Waals surface area contributed by atoms with Crippen LogP contribution in [0, 0.1) is 5.92 Å². The van der Waals surface area contributed by atoms with Gasteiger partial charge in [-0.1, -0.05) is 31.6 Å². The van der Waals surface area contributed by atoms with E-state index in [1.165, 1.54) is 38.9 Å². The summed E-state index contributed by atoms with van der Waals surface area (Å²) in [5.74, 6) is 0.193. The predicted octanol–water partition coefficient (Wildman–Crippen LogP) is 3.49. The summed E-state index contributed by atoms with van der Waals surface area (Å²) < 4.78 is 0. The maximum atomic E-state index is 13.2. The third kappa shape index (κ3) is 3.35. The van der Waals surface area contributed by atoms with E-state index in [2.05, 4.69) is 68.2 Å². The number of nitrogens with one attached hydrogen (secondary N) is 2. The minimum absolute atomic E-state index is 0.0228. The standard InChI is InChI=1S/C24H33N3O2/c1-13(2)6-7-16-9-17-8-15(5)27-22(14(3)4)24(29)26-19(12-28)10-18-11-25-21(16)20(18)23(17)27/h6,9,11,14-15,19,22,25,28H,7-8,10,12H2,1-5H3,(H,26,29)/t15-,19+,22+/m1/s1. The van der Waals surface area contributed by atoms with Crippen LogP contribution in [0.5, 0.6) is 0 Å². The van der Waals surface area contributed by atoms with Gasteiger partial charge in [0.1, 0.15) is 6.04 Å². The largest absolute Gasteiger partial charge is 0.394 e. The van der Waals surface area contributed by atoms with Gasteiger partial charge in [0.05, 0.1) is 23.9 Å². The van der Waals surface area contributed by atoms with Crippen molar-refractivity contribution < 1.29 is 9.90 Å². The number of carbonyl (C=O) groups is 1. The van der Waals surface area contributed by atoms with Crippen LogP contribution in [0.2, 0.25) is 0 Å². The molecule has 0 bridgehead atoms. The first-order valence-electron chi connectivity index (χ1n) is 10.8. The Morgan fingerprint density at radius 2 is 2.07 bits per heavy atom. The Hall–Kier alpha value is -2.27. The first kappa shape index (κ1) is 20.0. The Morgan fingerprint density at radius 1 is 1.31 bits per heavy atom. The molecule has 156 valence electrons. The molecule has 0 aliphatic carbocycles. The monoisotopic (exact) mass is 395 g/mol. The average Bonchev–Trinajstić information content (AvgIpc) is 3.20. The highest BCUT2D eigenvalue weighted by Gasteiger charge is 2.41. The molecule has 3 N–H and O–H groups in total. The quantitative estimate of drug-likeness (QED) is 0.694. The van der Waals surface area contributed by atoms with Gasteiger partial charge in [0.15, 0.2) is 0 Å². The van der Waals surface area contributed by atoms with E-state index in [-0.39, 0.29) is 36.6 Å². The van der Waals surface area contributed by atoms with Crippen molar-refractivity contribution >= 4 is 22.5 Å². The molecule has 0 fully saturated rings. The Labute approximate surface area is 173 Å². The maximum Gasteiger partial charge on any atom is 0.243 e. The molecule has 2 aromatic rings. The molecule has 5 nitrogen and oxygen atoms in total. The van der Waals surface area contributed by atoms with Gasteiger partial charge in [-0.25, -0.2) is 0 Å². The minimum atomic E-state index is -0.268. The van der Waals surface area contributed by atoms with Crippen LogP contribution < -0.4 is 10.2 Å². The van der Waals surface area contributed by atoms with Gasteiger partial charge in [-0.05, 0) is 62.6 Å². The lowest BCUT2D eigenvalue weighted by Gasteiger charge is -2.36. The third-order valence-electron chi connectivity index (χ3n) is 6.38. The second-order valence-electron chi connectivity index (χ2n) is 9.33. The van der Waals surface area contributed by atoms with E-state index in [9.17, 15) is 9.90 Å². The number of nitrogens with zero attached hydrogens (tertiary/aromatic N) is 1. The van der Waals surface area contributed by atoms with Crippen molar-refractivity contribution in [3.05, 3.63) is 40.6 Å². The average molecular weight is 396 g/mol. The Morgan fingerprint density at radius 3 is 2.72 bits per heavy atom. The van der Waals surface area contributed by atoms with E-state index in [4.69, 9.17) is 0 Å². The Kier molecular flexibility index (Phi) is 5.19. The van der Waals surface area contributed by atoms with Crippen LogP contribution in [0.1, 0.15) is 51.3 Å². The van der Waals surface area contributed by atoms with Gasteiger partial charge in [-0.2, -0.15) is 0 Å². The normalized spacial score (nSPS) is 23.8. The van der Waals surface area contributed by atoms with Gasteiger partial charge in [-0.3, -0.25) is 4.79 Å². The van der Waals surface area contributed by atoms with Gasteiger partial charge in [0, 0.05) is 17.6 Å².